The van der Waals surface area contributed by atoms with Gasteiger partial charge in [0.2, 0.25) is 5.95 Å². The molecule has 2 N–H and O–H groups in total. The molecule has 0 aliphatic rings. The molecule has 0 aliphatic carbocycles. The topological polar surface area (TPSA) is 112 Å². The Hall–Kier alpha value is -3.64. The van der Waals surface area contributed by atoms with E-state index in [9.17, 15) is 10.1 Å². The monoisotopic (exact) mass is 453 g/mol. The quantitative estimate of drug-likeness (QED) is 0.435. The minimum absolute atomic E-state index is 0.0667. The standard InChI is InChI=1S/C20H16BrN5O3/c1-28-16-9-8-15(21)14(18(16)29-2)11-23-26-20-24-17(12-6-4-3-5-7-12)13(10-22)19(27)25-20/h3-9,11H,1-2H3,(H2,24,25,26,27). The van der Waals surface area contributed by atoms with Crippen LogP contribution in [-0.4, -0.2) is 30.4 Å². The zero-order valence-corrected chi connectivity index (χ0v) is 17.1. The first-order valence-corrected chi connectivity index (χ1v) is 9.17. The number of methoxy groups -OCH3 is 2. The molecule has 8 nitrogen and oxygen atoms in total. The van der Waals surface area contributed by atoms with Gasteiger partial charge in [-0.2, -0.15) is 10.4 Å². The maximum absolute atomic E-state index is 12.3. The Bertz CT molecular complexity index is 1150. The van der Waals surface area contributed by atoms with Crippen molar-refractivity contribution in [2.45, 2.75) is 0 Å². The van der Waals surface area contributed by atoms with Crippen molar-refractivity contribution in [1.29, 1.82) is 5.26 Å². The Morgan fingerprint density at radius 2 is 1.97 bits per heavy atom. The van der Waals surface area contributed by atoms with Gasteiger partial charge in [-0.05, 0) is 28.1 Å². The second-order valence-corrected chi connectivity index (χ2v) is 6.54. The fraction of sp³-hybridized carbons (Fsp3) is 0.100. The van der Waals surface area contributed by atoms with Crippen LogP contribution in [0.15, 0.2) is 56.8 Å². The molecule has 1 heterocycles. The van der Waals surface area contributed by atoms with Gasteiger partial charge < -0.3 is 9.47 Å². The van der Waals surface area contributed by atoms with Crippen LogP contribution < -0.4 is 20.5 Å². The summed E-state index contributed by atoms with van der Waals surface area (Å²) >= 11 is 3.45. The number of nitrogens with one attached hydrogen (secondary N) is 2. The highest BCUT2D eigenvalue weighted by molar-refractivity contribution is 9.10. The van der Waals surface area contributed by atoms with E-state index < -0.39 is 5.56 Å². The lowest BCUT2D eigenvalue weighted by Crippen LogP contribution is -2.16. The fourth-order valence-electron chi connectivity index (χ4n) is 2.64. The van der Waals surface area contributed by atoms with E-state index in [2.05, 4.69) is 36.4 Å². The second-order valence-electron chi connectivity index (χ2n) is 5.68. The highest BCUT2D eigenvalue weighted by Crippen LogP contribution is 2.34. The Labute approximate surface area is 175 Å². The minimum Gasteiger partial charge on any atom is -0.493 e. The zero-order valence-electron chi connectivity index (χ0n) is 15.6. The molecule has 146 valence electrons. The van der Waals surface area contributed by atoms with Crippen molar-refractivity contribution < 1.29 is 9.47 Å². The molecule has 0 amide bonds. The van der Waals surface area contributed by atoms with Crippen molar-refractivity contribution in [2.75, 3.05) is 19.6 Å². The summed E-state index contributed by atoms with van der Waals surface area (Å²) in [4.78, 5) is 19.1. The van der Waals surface area contributed by atoms with Gasteiger partial charge in [0.1, 0.15) is 11.6 Å². The van der Waals surface area contributed by atoms with Crippen molar-refractivity contribution >= 4 is 28.1 Å². The summed E-state index contributed by atoms with van der Waals surface area (Å²) in [5, 5.41) is 13.5. The highest BCUT2D eigenvalue weighted by atomic mass is 79.9. The summed E-state index contributed by atoms with van der Waals surface area (Å²) in [6.07, 6.45) is 1.51. The number of nitriles is 1. The van der Waals surface area contributed by atoms with Crippen LogP contribution in [0.5, 0.6) is 11.5 Å². The largest absolute Gasteiger partial charge is 0.493 e. The summed E-state index contributed by atoms with van der Waals surface area (Å²) in [6, 6.07) is 14.5. The number of H-pyrrole nitrogens is 1. The molecule has 0 saturated heterocycles. The van der Waals surface area contributed by atoms with Gasteiger partial charge in [-0.3, -0.25) is 9.78 Å². The van der Waals surface area contributed by atoms with Crippen LogP contribution in [0.4, 0.5) is 5.95 Å². The molecule has 0 fully saturated rings. The Balaban J connectivity index is 1.96. The molecule has 0 bridgehead atoms. The van der Waals surface area contributed by atoms with Gasteiger partial charge in [0.15, 0.2) is 11.5 Å². The molecular weight excluding hydrogens is 438 g/mol. The van der Waals surface area contributed by atoms with Gasteiger partial charge in [0.05, 0.1) is 31.7 Å². The van der Waals surface area contributed by atoms with Gasteiger partial charge in [0.25, 0.3) is 5.56 Å². The molecule has 1 aromatic heterocycles. The number of hydrogen-bond acceptors (Lipinski definition) is 7. The smallest absolute Gasteiger partial charge is 0.270 e. The number of anilines is 1. The van der Waals surface area contributed by atoms with Gasteiger partial charge in [-0.1, -0.05) is 30.3 Å². The SMILES string of the molecule is COc1ccc(Br)c(C=NNc2nc(-c3ccccc3)c(C#N)c(=O)[nH]2)c1OC. The van der Waals surface area contributed by atoms with Crippen LogP contribution >= 0.6 is 15.9 Å². The maximum atomic E-state index is 12.3. The first kappa shape index (κ1) is 20.1. The molecule has 2 aromatic carbocycles. The van der Waals surface area contributed by atoms with E-state index in [1.165, 1.54) is 13.3 Å². The third-order valence-corrected chi connectivity index (χ3v) is 4.66. The summed E-state index contributed by atoms with van der Waals surface area (Å²) in [5.74, 6) is 1.15. The number of aromatic amines is 1. The lowest BCUT2D eigenvalue weighted by atomic mass is 10.1. The number of halogens is 1. The van der Waals surface area contributed by atoms with E-state index in [4.69, 9.17) is 9.47 Å². The first-order chi connectivity index (χ1) is 14.1. The lowest BCUT2D eigenvalue weighted by Gasteiger charge is -2.11. The van der Waals surface area contributed by atoms with Crippen LogP contribution in [0.2, 0.25) is 0 Å². The highest BCUT2D eigenvalue weighted by Gasteiger charge is 2.14. The normalized spacial score (nSPS) is 10.6. The molecular formula is C20H16BrN5O3. The van der Waals surface area contributed by atoms with Crippen molar-refractivity contribution in [3.63, 3.8) is 0 Å². The van der Waals surface area contributed by atoms with Gasteiger partial charge >= 0.3 is 0 Å². The number of benzene rings is 2. The number of aromatic nitrogens is 2. The van der Waals surface area contributed by atoms with E-state index >= 15 is 0 Å². The van der Waals surface area contributed by atoms with Crippen molar-refractivity contribution in [2.24, 2.45) is 5.10 Å². The molecule has 9 heteroatoms. The van der Waals surface area contributed by atoms with Crippen LogP contribution in [0.25, 0.3) is 11.3 Å². The van der Waals surface area contributed by atoms with E-state index in [1.54, 1.807) is 43.5 Å². The summed E-state index contributed by atoms with van der Waals surface area (Å²) < 4.78 is 11.4. The van der Waals surface area contributed by atoms with Gasteiger partial charge in [-0.15, -0.1) is 0 Å². The number of hydrogen-bond donors (Lipinski definition) is 2. The van der Waals surface area contributed by atoms with E-state index in [0.717, 1.165) is 4.47 Å². The number of ether oxygens (including phenoxy) is 2. The lowest BCUT2D eigenvalue weighted by molar-refractivity contribution is 0.354. The molecule has 3 aromatic rings. The molecule has 3 rings (SSSR count). The number of nitrogens with zero attached hydrogens (tertiary/aromatic N) is 3. The third-order valence-electron chi connectivity index (χ3n) is 3.97. The maximum Gasteiger partial charge on any atom is 0.270 e. The van der Waals surface area contributed by atoms with Crippen LogP contribution in [0.1, 0.15) is 11.1 Å². The molecule has 0 unspecified atom stereocenters. The van der Waals surface area contributed by atoms with Crippen molar-refractivity contribution in [1.82, 2.24) is 9.97 Å². The second kappa shape index (κ2) is 9.03. The molecule has 0 radical (unpaired) electrons. The third kappa shape index (κ3) is 4.28. The summed E-state index contributed by atoms with van der Waals surface area (Å²) in [7, 11) is 3.07. The van der Waals surface area contributed by atoms with E-state index in [1.807, 2.05) is 12.1 Å². The Morgan fingerprint density at radius 3 is 2.62 bits per heavy atom. The average molecular weight is 454 g/mol. The van der Waals surface area contributed by atoms with E-state index in [-0.39, 0.29) is 17.2 Å². The fourth-order valence-corrected chi connectivity index (χ4v) is 3.05. The summed E-state index contributed by atoms with van der Waals surface area (Å²) in [6.45, 7) is 0. The number of hydrazone groups is 1. The van der Waals surface area contributed by atoms with Crippen LogP contribution in [-0.2, 0) is 0 Å². The molecule has 0 aliphatic heterocycles. The van der Waals surface area contributed by atoms with Crippen molar-refractivity contribution in [3.8, 4) is 28.8 Å². The Morgan fingerprint density at radius 1 is 1.21 bits per heavy atom. The zero-order chi connectivity index (χ0) is 20.8. The summed E-state index contributed by atoms with van der Waals surface area (Å²) in [5.41, 5.74) is 3.63. The van der Waals surface area contributed by atoms with Crippen molar-refractivity contribution in [3.05, 3.63) is 68.4 Å². The number of rotatable bonds is 6. The predicted molar refractivity (Wildman–Crippen MR) is 113 cm³/mol. The Kier molecular flexibility index (Phi) is 6.26. The molecule has 0 atom stereocenters. The molecule has 29 heavy (non-hydrogen) atoms. The predicted octanol–water partition coefficient (Wildman–Crippen LogP) is 3.53. The average Bonchev–Trinajstić information content (AvgIpc) is 2.74. The first-order valence-electron chi connectivity index (χ1n) is 8.38. The van der Waals surface area contributed by atoms with Crippen LogP contribution in [0, 0.1) is 11.3 Å². The van der Waals surface area contributed by atoms with Gasteiger partial charge in [-0.25, -0.2) is 10.4 Å². The molecule has 0 saturated carbocycles. The van der Waals surface area contributed by atoms with Gasteiger partial charge in [0, 0.05) is 10.0 Å². The molecule has 0 spiro atoms. The minimum atomic E-state index is -0.556. The van der Waals surface area contributed by atoms with E-state index in [0.29, 0.717) is 22.6 Å². The van der Waals surface area contributed by atoms with Crippen LogP contribution in [0.3, 0.4) is 0 Å².